The zero-order chi connectivity index (χ0) is 50.3. The first-order valence-electron chi connectivity index (χ1n) is 22.9. The number of rotatable bonds is 10. The average Bonchev–Trinajstić information content (AvgIpc) is 4.06. The Morgan fingerprint density at radius 1 is 0.356 bits per heavy atom. The van der Waals surface area contributed by atoms with Crippen LogP contribution >= 0.6 is 0 Å². The van der Waals surface area contributed by atoms with Crippen LogP contribution in [-0.4, -0.2) is 9.13 Å². The topological polar surface area (TPSA) is 194 Å². The molecule has 0 radical (unpaired) electrons. The number of benzene rings is 6. The van der Waals surface area contributed by atoms with Gasteiger partial charge in [0.15, 0.2) is 5.66 Å². The Kier molecular flexibility index (Phi) is 12.5. The van der Waals surface area contributed by atoms with Crippen LogP contribution in [-0.2, 0) is 5.66 Å². The van der Waals surface area contributed by atoms with Gasteiger partial charge in [0.05, 0.1) is 57.9 Å². The lowest BCUT2D eigenvalue weighted by molar-refractivity contribution is 0.287. The summed E-state index contributed by atoms with van der Waals surface area (Å²) >= 11 is 0. The van der Waals surface area contributed by atoms with Gasteiger partial charge >= 0.3 is 0 Å². The molecular weight excluding hydrogens is 909 g/mol. The molecule has 0 fully saturated rings. The molecular formula is C61H40N8O4. The van der Waals surface area contributed by atoms with Gasteiger partial charge in [-0.1, -0.05) is 60.7 Å². The van der Waals surface area contributed by atoms with Crippen molar-refractivity contribution in [1.82, 2.24) is 9.13 Å². The van der Waals surface area contributed by atoms with Gasteiger partial charge in [0.25, 0.3) is 0 Å². The highest BCUT2D eigenvalue weighted by atomic mass is 16.5. The van der Waals surface area contributed by atoms with Crippen LogP contribution in [0, 0.1) is 45.3 Å². The Morgan fingerprint density at radius 2 is 0.671 bits per heavy atom. The van der Waals surface area contributed by atoms with E-state index >= 15 is 0 Å². The first kappa shape index (κ1) is 45.8. The number of fused-ring (bicyclic) bond motifs is 4. The maximum Gasteiger partial charge on any atom is 0.202 e. The number of nitrogens with zero attached hydrogens (tertiary/aromatic N) is 6. The molecule has 4 N–H and O–H groups in total. The highest BCUT2D eigenvalue weighted by Gasteiger charge is 2.42. The monoisotopic (exact) mass is 948 g/mol. The minimum atomic E-state index is -1.75. The van der Waals surface area contributed by atoms with Gasteiger partial charge in [-0.3, -0.25) is 9.13 Å². The Morgan fingerprint density at radius 3 is 0.986 bits per heavy atom. The molecule has 1 spiro atoms. The van der Waals surface area contributed by atoms with E-state index in [0.717, 1.165) is 11.1 Å². The number of nitrogens with two attached hydrogens (primary N) is 2. The number of hydrogen-bond acceptors (Lipinski definition) is 10. The van der Waals surface area contributed by atoms with E-state index in [1.807, 2.05) is 106 Å². The summed E-state index contributed by atoms with van der Waals surface area (Å²) < 4.78 is 31.7. The van der Waals surface area contributed by atoms with Crippen molar-refractivity contribution in [3.8, 4) is 59.0 Å². The van der Waals surface area contributed by atoms with E-state index in [1.54, 1.807) is 121 Å². The van der Waals surface area contributed by atoms with Crippen molar-refractivity contribution in [1.29, 1.82) is 21.0 Å². The van der Waals surface area contributed by atoms with Gasteiger partial charge in [-0.2, -0.15) is 21.0 Å². The molecule has 0 aliphatic carbocycles. The number of hydrogen-bond donors (Lipinski definition) is 2. The summed E-state index contributed by atoms with van der Waals surface area (Å²) in [5, 5.41) is 39.0. The summed E-state index contributed by atoms with van der Waals surface area (Å²) in [5.74, 6) is 2.83. The molecule has 12 nitrogen and oxygen atoms in total. The molecule has 2 aromatic heterocycles. The van der Waals surface area contributed by atoms with Crippen molar-refractivity contribution in [2.45, 2.75) is 5.66 Å². The first-order valence-corrected chi connectivity index (χ1v) is 22.9. The fraction of sp³-hybridized carbons (Fsp3) is 0.0164. The van der Waals surface area contributed by atoms with E-state index in [-0.39, 0.29) is 11.5 Å². The first-order chi connectivity index (χ1) is 35.7. The summed E-state index contributed by atoms with van der Waals surface area (Å²) in [6.45, 7) is 0. The van der Waals surface area contributed by atoms with Crippen LogP contribution in [0.2, 0.25) is 0 Å². The smallest absolute Gasteiger partial charge is 0.202 e. The van der Waals surface area contributed by atoms with Gasteiger partial charge in [-0.15, -0.1) is 0 Å². The summed E-state index contributed by atoms with van der Waals surface area (Å²) in [7, 11) is 0. The number of nitriles is 4. The normalized spacial score (nSPS) is 18.0. The van der Waals surface area contributed by atoms with E-state index in [4.69, 9.17) is 30.4 Å². The molecule has 8 aromatic rings. The fourth-order valence-corrected chi connectivity index (χ4v) is 8.72. The second-order valence-corrected chi connectivity index (χ2v) is 16.7. The average molecular weight is 949 g/mol. The van der Waals surface area contributed by atoms with Crippen molar-refractivity contribution in [2.75, 3.05) is 0 Å². The molecule has 73 heavy (non-hydrogen) atoms. The number of aromatic nitrogens is 2. The number of ether oxygens (including phenoxy) is 4. The van der Waals surface area contributed by atoms with Crippen molar-refractivity contribution < 1.29 is 18.9 Å². The lowest BCUT2D eigenvalue weighted by atomic mass is 9.97. The molecule has 0 amide bonds. The third-order valence-corrected chi connectivity index (χ3v) is 12.0. The summed E-state index contributed by atoms with van der Waals surface area (Å²) in [6, 6.07) is 62.8. The third-order valence-electron chi connectivity index (χ3n) is 12.0. The highest BCUT2D eigenvalue weighted by Crippen LogP contribution is 2.47. The fourth-order valence-electron chi connectivity index (χ4n) is 8.72. The van der Waals surface area contributed by atoms with Gasteiger partial charge in [-0.05, 0) is 145 Å². The molecule has 348 valence electrons. The molecule has 0 bridgehead atoms. The van der Waals surface area contributed by atoms with Gasteiger partial charge in [-0.25, -0.2) is 0 Å². The molecule has 6 aromatic carbocycles. The Bertz CT molecular complexity index is 3510. The Balaban J connectivity index is 1.39. The standard InChI is InChI=1S/C61H40N8O4/c62-37-41-11-19-47(20-12-41)70-51-27-29-53(66)59(45-7-3-1-4-8-45)55-31-33-57(72-49-23-15-43(39-64)16-24-49)68(55)61(35-51)36-52(71-48-21-13-42(38-63)14-22-48)28-30-54(67)60(46-9-5-2-6-10-46)56-32-34-58(69(56)61)73-50-25-17-44(40-65)18-26-50/h1-36H,66-67H2/b29-27-,30-28?,51-35-,52-36?,59-53-,60-54-. The maximum atomic E-state index is 9.77. The predicted molar refractivity (Wildman–Crippen MR) is 276 cm³/mol. The highest BCUT2D eigenvalue weighted by molar-refractivity contribution is 5.85. The van der Waals surface area contributed by atoms with E-state index in [2.05, 4.69) is 24.3 Å². The largest absolute Gasteiger partial charge is 0.458 e. The van der Waals surface area contributed by atoms with Crippen LogP contribution in [0.4, 0.5) is 0 Å². The molecule has 0 saturated carbocycles. The lowest BCUT2D eigenvalue weighted by Gasteiger charge is -2.38. The quantitative estimate of drug-likeness (QED) is 0.133. The van der Waals surface area contributed by atoms with Crippen LogP contribution in [0.25, 0.3) is 11.1 Å². The van der Waals surface area contributed by atoms with Gasteiger partial charge in [0.1, 0.15) is 34.5 Å². The van der Waals surface area contributed by atoms with E-state index in [1.165, 1.54) is 0 Å². The van der Waals surface area contributed by atoms with Crippen LogP contribution in [0.15, 0.2) is 241 Å². The molecule has 10 rings (SSSR count). The minimum absolute atomic E-state index is 0.283. The van der Waals surface area contributed by atoms with Crippen molar-refractivity contribution in [3.05, 3.63) is 286 Å². The SMILES string of the molecule is N#Cc1ccc(OC2=CC3(/C=C(Oc4ccc(C#N)cc4)/C=C\C(N)=C(/c4ccccc4)c4ccc(Oc5ccc(C#N)cc5)n43)n3c(Oc4ccc(C#N)cc4)ccc3/C(c3ccccc3)=C(\N)C=C2)cc1. The molecule has 1 atom stereocenters. The lowest BCUT2D eigenvalue weighted by Crippen LogP contribution is -2.41. The van der Waals surface area contributed by atoms with Crippen molar-refractivity contribution in [2.24, 2.45) is 11.5 Å². The van der Waals surface area contributed by atoms with Crippen LogP contribution in [0.5, 0.6) is 34.8 Å². The molecule has 4 heterocycles. The summed E-state index contributed by atoms with van der Waals surface area (Å²) in [4.78, 5) is 0. The van der Waals surface area contributed by atoms with Crippen molar-refractivity contribution in [3.63, 3.8) is 0 Å². The van der Waals surface area contributed by atoms with Gasteiger partial charge in [0.2, 0.25) is 11.8 Å². The maximum absolute atomic E-state index is 9.77. The second kappa shape index (κ2) is 20.0. The minimum Gasteiger partial charge on any atom is -0.458 e. The predicted octanol–water partition coefficient (Wildman–Crippen LogP) is 12.1. The van der Waals surface area contributed by atoms with Crippen molar-refractivity contribution >= 4 is 11.1 Å². The number of allylic oxidation sites excluding steroid dienone is 6. The zero-order valence-electron chi connectivity index (χ0n) is 38.8. The Hall–Kier alpha value is -10.9. The Labute approximate surface area is 420 Å². The molecule has 2 aliphatic heterocycles. The second-order valence-electron chi connectivity index (χ2n) is 16.7. The van der Waals surface area contributed by atoms with E-state index in [9.17, 15) is 21.0 Å². The molecule has 1 unspecified atom stereocenters. The summed E-state index contributed by atoms with van der Waals surface area (Å²) in [6.07, 6.45) is 10.9. The van der Waals surface area contributed by atoms with Gasteiger partial charge in [0, 0.05) is 46.8 Å². The molecule has 2 aliphatic rings. The van der Waals surface area contributed by atoms with Crippen LogP contribution in [0.1, 0.15) is 44.8 Å². The molecule has 0 saturated heterocycles. The summed E-state index contributed by atoms with van der Waals surface area (Å²) in [5.41, 5.74) is 19.3. The van der Waals surface area contributed by atoms with E-state index in [0.29, 0.717) is 90.9 Å². The van der Waals surface area contributed by atoms with Gasteiger partial charge < -0.3 is 30.4 Å². The van der Waals surface area contributed by atoms with Crippen LogP contribution < -0.4 is 30.4 Å². The van der Waals surface area contributed by atoms with E-state index < -0.39 is 5.66 Å². The van der Waals surface area contributed by atoms with Crippen LogP contribution in [0.3, 0.4) is 0 Å². The molecule has 12 heteroatoms. The third kappa shape index (κ3) is 9.34. The zero-order valence-corrected chi connectivity index (χ0v) is 38.8.